The normalized spacial score (nSPS) is 11.3. The molecule has 10 aromatic carbocycles. The number of thiophene rings is 1. The molecule has 60 heavy (non-hydrogen) atoms. The van der Waals surface area contributed by atoms with Gasteiger partial charge in [0.05, 0.1) is 0 Å². The summed E-state index contributed by atoms with van der Waals surface area (Å²) in [7, 11) is 0. The molecule has 11 rings (SSSR count). The quantitative estimate of drug-likeness (QED) is 0.148. The summed E-state index contributed by atoms with van der Waals surface area (Å²) in [6, 6.07) is 86.0. The number of hydrogen-bond donors (Lipinski definition) is 0. The average molecular weight is 782 g/mol. The van der Waals surface area contributed by atoms with Crippen LogP contribution in [-0.4, -0.2) is 0 Å². The van der Waals surface area contributed by atoms with Gasteiger partial charge in [-0.15, -0.1) is 11.3 Å². The molecular formula is C58H39NS. The van der Waals surface area contributed by atoms with Gasteiger partial charge in [-0.3, -0.25) is 0 Å². The lowest BCUT2D eigenvalue weighted by molar-refractivity contribution is 1.28. The van der Waals surface area contributed by atoms with Gasteiger partial charge in [0.25, 0.3) is 0 Å². The summed E-state index contributed by atoms with van der Waals surface area (Å²) in [5.41, 5.74) is 15.4. The molecule has 0 atom stereocenters. The third-order valence-corrected chi connectivity index (χ3v) is 12.9. The molecule has 0 N–H and O–H groups in total. The third-order valence-electron chi connectivity index (χ3n) is 11.7. The smallest absolute Gasteiger partial charge is 0.0462 e. The van der Waals surface area contributed by atoms with Crippen molar-refractivity contribution in [1.82, 2.24) is 0 Å². The van der Waals surface area contributed by atoms with Crippen LogP contribution in [0.2, 0.25) is 0 Å². The Morgan fingerprint density at radius 3 is 1.37 bits per heavy atom. The Bertz CT molecular complexity index is 3270. The van der Waals surface area contributed by atoms with Crippen LogP contribution < -0.4 is 4.90 Å². The molecule has 0 saturated heterocycles. The molecule has 1 heterocycles. The molecule has 0 spiro atoms. The fraction of sp³-hybridized carbons (Fsp3) is 0. The summed E-state index contributed by atoms with van der Waals surface area (Å²) in [5, 5.41) is 5.15. The minimum Gasteiger partial charge on any atom is -0.311 e. The average Bonchev–Trinajstić information content (AvgIpc) is 3.72. The first kappa shape index (κ1) is 35.6. The van der Waals surface area contributed by atoms with Gasteiger partial charge in [-0.05, 0) is 121 Å². The van der Waals surface area contributed by atoms with Crippen molar-refractivity contribution in [2.24, 2.45) is 0 Å². The second-order valence-electron chi connectivity index (χ2n) is 15.3. The number of anilines is 3. The van der Waals surface area contributed by atoms with E-state index in [0.717, 1.165) is 17.1 Å². The van der Waals surface area contributed by atoms with Crippen LogP contribution in [0.25, 0.3) is 86.6 Å². The number of benzene rings is 10. The fourth-order valence-corrected chi connectivity index (χ4v) is 9.79. The highest BCUT2D eigenvalue weighted by atomic mass is 32.1. The topological polar surface area (TPSA) is 3.24 Å². The Balaban J connectivity index is 0.941. The van der Waals surface area contributed by atoms with E-state index in [1.165, 1.54) is 86.6 Å². The van der Waals surface area contributed by atoms with E-state index in [0.29, 0.717) is 0 Å². The fourth-order valence-electron chi connectivity index (χ4n) is 8.55. The predicted octanol–water partition coefficient (Wildman–Crippen LogP) is 17.0. The highest BCUT2D eigenvalue weighted by molar-refractivity contribution is 7.26. The zero-order valence-electron chi connectivity index (χ0n) is 32.9. The van der Waals surface area contributed by atoms with Crippen molar-refractivity contribution in [3.63, 3.8) is 0 Å². The number of nitrogens with zero attached hydrogens (tertiary/aromatic N) is 1. The third kappa shape index (κ3) is 6.73. The Morgan fingerprint density at radius 2 is 0.700 bits per heavy atom. The number of fused-ring (bicyclic) bond motifs is 4. The van der Waals surface area contributed by atoms with Gasteiger partial charge < -0.3 is 4.90 Å². The van der Waals surface area contributed by atoms with Crippen LogP contribution in [0.1, 0.15) is 0 Å². The van der Waals surface area contributed by atoms with Crippen LogP contribution in [-0.2, 0) is 0 Å². The summed E-state index contributed by atoms with van der Waals surface area (Å²) >= 11 is 1.88. The van der Waals surface area contributed by atoms with E-state index >= 15 is 0 Å². The first-order valence-electron chi connectivity index (χ1n) is 20.5. The molecule has 0 aliphatic heterocycles. The minimum absolute atomic E-state index is 1.10. The lowest BCUT2D eigenvalue weighted by atomic mass is 9.97. The molecule has 1 nitrogen and oxygen atoms in total. The minimum atomic E-state index is 1.10. The van der Waals surface area contributed by atoms with Gasteiger partial charge in [0.1, 0.15) is 0 Å². The summed E-state index contributed by atoms with van der Waals surface area (Å²) < 4.78 is 2.65. The molecule has 0 fully saturated rings. The van der Waals surface area contributed by atoms with Crippen molar-refractivity contribution in [1.29, 1.82) is 0 Å². The first-order chi connectivity index (χ1) is 29.7. The summed E-state index contributed by atoms with van der Waals surface area (Å²) in [5.74, 6) is 0. The van der Waals surface area contributed by atoms with Gasteiger partial charge in [0, 0.05) is 37.2 Å². The second kappa shape index (κ2) is 15.3. The van der Waals surface area contributed by atoms with Crippen LogP contribution in [0.4, 0.5) is 17.1 Å². The lowest BCUT2D eigenvalue weighted by Crippen LogP contribution is -2.09. The molecule has 0 amide bonds. The molecule has 1 aromatic heterocycles. The van der Waals surface area contributed by atoms with E-state index in [4.69, 9.17) is 0 Å². The van der Waals surface area contributed by atoms with E-state index in [2.05, 4.69) is 241 Å². The molecule has 0 radical (unpaired) electrons. The first-order valence-corrected chi connectivity index (χ1v) is 21.3. The van der Waals surface area contributed by atoms with Gasteiger partial charge >= 0.3 is 0 Å². The summed E-state index contributed by atoms with van der Waals surface area (Å²) in [4.78, 5) is 2.36. The standard InChI is InChI=1S/C58H39NS/c1-2-10-40(11-3-1)42-20-22-43(23-21-42)44-26-32-51(33-27-44)59(53-36-30-46(31-37-53)54-17-9-18-56-55-16-6-7-19-57(55)60-58(54)56)52-34-28-45(29-35-52)48-14-8-15-49(38-48)50-25-24-41-12-4-5-13-47(41)39-50/h1-39H. The van der Waals surface area contributed by atoms with Crippen molar-refractivity contribution in [3.05, 3.63) is 237 Å². The monoisotopic (exact) mass is 781 g/mol. The SMILES string of the molecule is c1ccc(-c2ccc(-c3ccc(N(c4ccc(-c5cccc(-c6ccc7ccccc7c6)c5)cc4)c4ccc(-c5cccc6c5sc5ccccc56)cc4)cc3)cc2)cc1. The molecule has 0 aliphatic carbocycles. The Labute approximate surface area is 354 Å². The Kier molecular flexibility index (Phi) is 9.11. The van der Waals surface area contributed by atoms with Crippen molar-refractivity contribution in [2.75, 3.05) is 4.90 Å². The van der Waals surface area contributed by atoms with Gasteiger partial charge in [-0.2, -0.15) is 0 Å². The van der Waals surface area contributed by atoms with Crippen LogP contribution in [0.3, 0.4) is 0 Å². The van der Waals surface area contributed by atoms with Crippen LogP contribution in [0.15, 0.2) is 237 Å². The Morgan fingerprint density at radius 1 is 0.267 bits per heavy atom. The van der Waals surface area contributed by atoms with Crippen molar-refractivity contribution in [2.45, 2.75) is 0 Å². The zero-order valence-corrected chi connectivity index (χ0v) is 33.7. The largest absolute Gasteiger partial charge is 0.311 e. The molecule has 0 unspecified atom stereocenters. The van der Waals surface area contributed by atoms with Crippen LogP contribution in [0.5, 0.6) is 0 Å². The van der Waals surface area contributed by atoms with Crippen LogP contribution >= 0.6 is 11.3 Å². The molecule has 11 aromatic rings. The van der Waals surface area contributed by atoms with E-state index < -0.39 is 0 Å². The van der Waals surface area contributed by atoms with Gasteiger partial charge in [0.15, 0.2) is 0 Å². The maximum absolute atomic E-state index is 2.36. The van der Waals surface area contributed by atoms with Crippen molar-refractivity contribution < 1.29 is 0 Å². The van der Waals surface area contributed by atoms with E-state index in [9.17, 15) is 0 Å². The zero-order chi connectivity index (χ0) is 39.8. The molecule has 0 aliphatic rings. The molecule has 2 heteroatoms. The van der Waals surface area contributed by atoms with Crippen LogP contribution in [0, 0.1) is 0 Å². The van der Waals surface area contributed by atoms with Gasteiger partial charge in [0.2, 0.25) is 0 Å². The number of rotatable bonds is 8. The van der Waals surface area contributed by atoms with E-state index in [-0.39, 0.29) is 0 Å². The molecule has 0 saturated carbocycles. The molecular weight excluding hydrogens is 743 g/mol. The lowest BCUT2D eigenvalue weighted by Gasteiger charge is -2.26. The molecule has 282 valence electrons. The number of hydrogen-bond acceptors (Lipinski definition) is 2. The highest BCUT2D eigenvalue weighted by Crippen LogP contribution is 2.42. The van der Waals surface area contributed by atoms with E-state index in [1.54, 1.807) is 0 Å². The highest BCUT2D eigenvalue weighted by Gasteiger charge is 2.16. The van der Waals surface area contributed by atoms with Crippen molar-refractivity contribution >= 4 is 59.3 Å². The van der Waals surface area contributed by atoms with E-state index in [1.807, 2.05) is 11.3 Å². The molecule has 0 bridgehead atoms. The maximum atomic E-state index is 2.36. The predicted molar refractivity (Wildman–Crippen MR) is 259 cm³/mol. The second-order valence-corrected chi connectivity index (χ2v) is 16.4. The van der Waals surface area contributed by atoms with Crippen molar-refractivity contribution in [3.8, 4) is 55.6 Å². The van der Waals surface area contributed by atoms with Gasteiger partial charge in [-0.1, -0.05) is 182 Å². The van der Waals surface area contributed by atoms with Gasteiger partial charge in [-0.25, -0.2) is 0 Å². The maximum Gasteiger partial charge on any atom is 0.0462 e. The summed E-state index contributed by atoms with van der Waals surface area (Å²) in [6.07, 6.45) is 0. The Hall–Kier alpha value is -7.52. The summed E-state index contributed by atoms with van der Waals surface area (Å²) in [6.45, 7) is 0.